The van der Waals surface area contributed by atoms with Crippen molar-refractivity contribution in [3.8, 4) is 0 Å². The summed E-state index contributed by atoms with van der Waals surface area (Å²) in [6.45, 7) is 5.29. The molecule has 0 aliphatic carbocycles. The highest BCUT2D eigenvalue weighted by atomic mass is 15.7. The molecule has 1 aliphatic heterocycles. The van der Waals surface area contributed by atoms with Gasteiger partial charge < -0.3 is 5.43 Å². The van der Waals surface area contributed by atoms with Crippen molar-refractivity contribution < 1.29 is 0 Å². The van der Waals surface area contributed by atoms with Crippen LogP contribution in [0.25, 0.3) is 0 Å². The zero-order chi connectivity index (χ0) is 7.40. The van der Waals surface area contributed by atoms with E-state index in [0.717, 1.165) is 13.0 Å². The molecule has 0 aromatic rings. The van der Waals surface area contributed by atoms with Gasteiger partial charge in [0.05, 0.1) is 0 Å². The molecule has 0 aromatic carbocycles. The van der Waals surface area contributed by atoms with Crippen molar-refractivity contribution >= 4 is 0 Å². The minimum Gasteiger partial charge on any atom is -0.306 e. The first-order chi connectivity index (χ1) is 4.86. The van der Waals surface area contributed by atoms with Gasteiger partial charge in [0.25, 0.3) is 0 Å². The van der Waals surface area contributed by atoms with Crippen LogP contribution in [-0.4, -0.2) is 11.6 Å². The van der Waals surface area contributed by atoms with Crippen LogP contribution in [-0.2, 0) is 0 Å². The van der Waals surface area contributed by atoms with E-state index in [1.807, 2.05) is 5.01 Å². The third-order valence-electron chi connectivity index (χ3n) is 1.53. The van der Waals surface area contributed by atoms with Crippen molar-refractivity contribution in [1.29, 1.82) is 0 Å². The van der Waals surface area contributed by atoms with E-state index in [1.54, 1.807) is 0 Å². The SMILES string of the molecule is CCCC1=CN(CC)NN1. The van der Waals surface area contributed by atoms with Crippen LogP contribution in [0.5, 0.6) is 0 Å². The maximum absolute atomic E-state index is 3.10. The van der Waals surface area contributed by atoms with Gasteiger partial charge in [-0.2, -0.15) is 0 Å². The van der Waals surface area contributed by atoms with Crippen molar-refractivity contribution in [2.75, 3.05) is 6.54 Å². The summed E-state index contributed by atoms with van der Waals surface area (Å²) in [6, 6.07) is 0. The Bertz CT molecular complexity index is 131. The fourth-order valence-electron chi connectivity index (χ4n) is 0.963. The largest absolute Gasteiger partial charge is 0.306 e. The van der Waals surface area contributed by atoms with E-state index in [4.69, 9.17) is 0 Å². The highest BCUT2D eigenvalue weighted by molar-refractivity contribution is 5.00. The smallest absolute Gasteiger partial charge is 0.0453 e. The molecule has 0 saturated heterocycles. The lowest BCUT2D eigenvalue weighted by molar-refractivity contribution is 0.284. The van der Waals surface area contributed by atoms with Gasteiger partial charge in [0.2, 0.25) is 0 Å². The lowest BCUT2D eigenvalue weighted by atomic mass is 10.3. The fraction of sp³-hybridized carbons (Fsp3) is 0.714. The van der Waals surface area contributed by atoms with E-state index in [1.165, 1.54) is 12.1 Å². The predicted octanol–water partition coefficient (Wildman–Crippen LogP) is 0.973. The molecule has 0 bridgehead atoms. The molecule has 0 unspecified atom stereocenters. The normalized spacial score (nSPS) is 17.0. The summed E-state index contributed by atoms with van der Waals surface area (Å²) in [6.07, 6.45) is 4.44. The molecule has 58 valence electrons. The summed E-state index contributed by atoms with van der Waals surface area (Å²) < 4.78 is 0. The highest BCUT2D eigenvalue weighted by Crippen LogP contribution is 2.04. The number of hydrogen-bond acceptors (Lipinski definition) is 3. The Morgan fingerprint density at radius 3 is 2.80 bits per heavy atom. The molecule has 2 N–H and O–H groups in total. The van der Waals surface area contributed by atoms with E-state index in [-0.39, 0.29) is 0 Å². The van der Waals surface area contributed by atoms with Gasteiger partial charge in [0.1, 0.15) is 0 Å². The van der Waals surface area contributed by atoms with Gasteiger partial charge in [-0.15, -0.1) is 5.53 Å². The lowest BCUT2D eigenvalue weighted by Crippen LogP contribution is -2.36. The van der Waals surface area contributed by atoms with Gasteiger partial charge in [-0.25, -0.2) is 0 Å². The molecule has 10 heavy (non-hydrogen) atoms. The maximum atomic E-state index is 3.10. The molecule has 0 aromatic heterocycles. The molecule has 1 rings (SSSR count). The minimum atomic E-state index is 1.00. The van der Waals surface area contributed by atoms with E-state index in [0.29, 0.717) is 0 Å². The second-order valence-electron chi connectivity index (χ2n) is 2.43. The molecular weight excluding hydrogens is 126 g/mol. The molecule has 3 nitrogen and oxygen atoms in total. The van der Waals surface area contributed by atoms with Gasteiger partial charge in [0.15, 0.2) is 0 Å². The number of hydrazine groups is 2. The number of nitrogens with zero attached hydrogens (tertiary/aromatic N) is 1. The van der Waals surface area contributed by atoms with E-state index in [9.17, 15) is 0 Å². The summed E-state index contributed by atoms with van der Waals surface area (Å²) in [7, 11) is 0. The Morgan fingerprint density at radius 2 is 2.30 bits per heavy atom. The first kappa shape index (κ1) is 7.41. The van der Waals surface area contributed by atoms with Gasteiger partial charge in [-0.1, -0.05) is 13.3 Å². The zero-order valence-electron chi connectivity index (χ0n) is 6.65. The summed E-state index contributed by atoms with van der Waals surface area (Å²) in [5.74, 6) is 0. The number of rotatable bonds is 3. The van der Waals surface area contributed by atoms with Crippen LogP contribution >= 0.6 is 0 Å². The molecule has 1 heterocycles. The second kappa shape index (κ2) is 3.46. The summed E-state index contributed by atoms with van der Waals surface area (Å²) in [5, 5.41) is 2.03. The Labute approximate surface area is 62.0 Å². The molecule has 0 fully saturated rings. The van der Waals surface area contributed by atoms with Crippen molar-refractivity contribution in [3.05, 3.63) is 11.9 Å². The number of hydrogen-bond donors (Lipinski definition) is 2. The third-order valence-corrected chi connectivity index (χ3v) is 1.53. The molecule has 0 saturated carbocycles. The van der Waals surface area contributed by atoms with Crippen molar-refractivity contribution in [3.63, 3.8) is 0 Å². The number of allylic oxidation sites excluding steroid dienone is 1. The lowest BCUT2D eigenvalue weighted by Gasteiger charge is -2.10. The summed E-state index contributed by atoms with van der Waals surface area (Å²) in [5.41, 5.74) is 7.41. The molecule has 3 heteroatoms. The van der Waals surface area contributed by atoms with E-state index < -0.39 is 0 Å². The van der Waals surface area contributed by atoms with Crippen molar-refractivity contribution in [2.45, 2.75) is 26.7 Å². The summed E-state index contributed by atoms with van der Waals surface area (Å²) >= 11 is 0. The third kappa shape index (κ3) is 1.64. The average molecular weight is 141 g/mol. The Kier molecular flexibility index (Phi) is 2.57. The van der Waals surface area contributed by atoms with Gasteiger partial charge >= 0.3 is 0 Å². The first-order valence-electron chi connectivity index (χ1n) is 3.85. The Hall–Kier alpha value is -0.700. The van der Waals surface area contributed by atoms with Gasteiger partial charge in [-0.05, 0) is 13.3 Å². The Morgan fingerprint density at radius 1 is 1.50 bits per heavy atom. The quantitative estimate of drug-likeness (QED) is 0.613. The van der Waals surface area contributed by atoms with Crippen LogP contribution in [0.1, 0.15) is 26.7 Å². The molecule has 0 radical (unpaired) electrons. The molecule has 0 spiro atoms. The van der Waals surface area contributed by atoms with Crippen LogP contribution < -0.4 is 11.0 Å². The van der Waals surface area contributed by atoms with Crippen LogP contribution in [0, 0.1) is 0 Å². The second-order valence-corrected chi connectivity index (χ2v) is 2.43. The Balaban J connectivity index is 2.33. The standard InChI is InChI=1S/C7H15N3/c1-3-5-7-6-10(4-2)9-8-7/h6,8-9H,3-5H2,1-2H3. The van der Waals surface area contributed by atoms with Gasteiger partial charge in [-0.3, -0.25) is 5.01 Å². The van der Waals surface area contributed by atoms with E-state index >= 15 is 0 Å². The van der Waals surface area contributed by atoms with Crippen LogP contribution in [0.3, 0.4) is 0 Å². The first-order valence-corrected chi connectivity index (χ1v) is 3.85. The van der Waals surface area contributed by atoms with Crippen LogP contribution in [0.2, 0.25) is 0 Å². The maximum Gasteiger partial charge on any atom is 0.0453 e. The predicted molar refractivity (Wildman–Crippen MR) is 41.6 cm³/mol. The molecule has 0 amide bonds. The summed E-state index contributed by atoms with van der Waals surface area (Å²) in [4.78, 5) is 0. The highest BCUT2D eigenvalue weighted by Gasteiger charge is 2.06. The van der Waals surface area contributed by atoms with Crippen molar-refractivity contribution in [2.24, 2.45) is 0 Å². The van der Waals surface area contributed by atoms with Crippen LogP contribution in [0.15, 0.2) is 11.9 Å². The fourth-order valence-corrected chi connectivity index (χ4v) is 0.963. The molecule has 1 aliphatic rings. The monoisotopic (exact) mass is 141 g/mol. The van der Waals surface area contributed by atoms with E-state index in [2.05, 4.69) is 31.0 Å². The minimum absolute atomic E-state index is 1.00. The van der Waals surface area contributed by atoms with Crippen molar-refractivity contribution in [1.82, 2.24) is 16.0 Å². The molecule has 0 atom stereocenters. The number of nitrogens with one attached hydrogen (secondary N) is 2. The topological polar surface area (TPSA) is 27.3 Å². The molecular formula is C7H15N3. The average Bonchev–Trinajstić information content (AvgIpc) is 2.37. The van der Waals surface area contributed by atoms with Gasteiger partial charge in [0, 0.05) is 18.4 Å². The zero-order valence-corrected chi connectivity index (χ0v) is 6.65. The van der Waals surface area contributed by atoms with Crippen LogP contribution in [0.4, 0.5) is 0 Å².